The van der Waals surface area contributed by atoms with E-state index in [-0.39, 0.29) is 11.9 Å². The molecule has 3 N–H and O–H groups in total. The second-order valence-electron chi connectivity index (χ2n) is 4.21. The van der Waals surface area contributed by atoms with E-state index in [9.17, 15) is 4.79 Å². The van der Waals surface area contributed by atoms with E-state index in [0.717, 1.165) is 25.9 Å². The summed E-state index contributed by atoms with van der Waals surface area (Å²) < 4.78 is 0. The molecule has 1 unspecified atom stereocenters. The lowest BCUT2D eigenvalue weighted by Gasteiger charge is -2.36. The highest BCUT2D eigenvalue weighted by Crippen LogP contribution is 2.03. The van der Waals surface area contributed by atoms with Crippen LogP contribution in [-0.4, -0.2) is 42.5 Å². The van der Waals surface area contributed by atoms with Crippen molar-refractivity contribution in [3.63, 3.8) is 0 Å². The Labute approximate surface area is 85.8 Å². The van der Waals surface area contributed by atoms with E-state index in [1.165, 1.54) is 0 Å². The van der Waals surface area contributed by atoms with Gasteiger partial charge in [-0.2, -0.15) is 0 Å². The quantitative estimate of drug-likeness (QED) is 0.652. The summed E-state index contributed by atoms with van der Waals surface area (Å²) in [6.45, 7) is 6.38. The number of hydrogen-bond donors (Lipinski definition) is 2. The Balaban J connectivity index is 2.09. The van der Waals surface area contributed by atoms with Crippen molar-refractivity contribution in [3.8, 4) is 0 Å². The molecule has 1 aliphatic rings. The van der Waals surface area contributed by atoms with Crippen molar-refractivity contribution in [2.24, 2.45) is 5.73 Å². The summed E-state index contributed by atoms with van der Waals surface area (Å²) in [5, 5.41) is 2.97. The zero-order chi connectivity index (χ0) is 10.6. The highest BCUT2D eigenvalue weighted by atomic mass is 16.2. The number of nitrogens with zero attached hydrogens (tertiary/aromatic N) is 1. The molecule has 4 heteroatoms. The fraction of sp³-hybridized carbons (Fsp3) is 0.900. The Kier molecular flexibility index (Phi) is 4.35. The van der Waals surface area contributed by atoms with Crippen molar-refractivity contribution in [1.29, 1.82) is 0 Å². The first-order valence-electron chi connectivity index (χ1n) is 5.39. The van der Waals surface area contributed by atoms with E-state index in [2.05, 4.69) is 17.1 Å². The maximum Gasteiger partial charge on any atom is 0.234 e. The first-order valence-corrected chi connectivity index (χ1v) is 5.39. The van der Waals surface area contributed by atoms with Crippen LogP contribution in [0.25, 0.3) is 0 Å². The molecule has 82 valence electrons. The molecule has 1 heterocycles. The van der Waals surface area contributed by atoms with Gasteiger partial charge in [0.25, 0.3) is 0 Å². The molecule has 1 atom stereocenters. The van der Waals surface area contributed by atoms with Gasteiger partial charge in [-0.05, 0) is 13.3 Å². The molecule has 0 aromatic carbocycles. The summed E-state index contributed by atoms with van der Waals surface area (Å²) >= 11 is 0. The molecular formula is C10H21N3O. The van der Waals surface area contributed by atoms with Crippen molar-refractivity contribution in [2.45, 2.75) is 38.8 Å². The first-order chi connectivity index (χ1) is 6.61. The topological polar surface area (TPSA) is 58.4 Å². The van der Waals surface area contributed by atoms with Crippen LogP contribution in [0, 0.1) is 0 Å². The van der Waals surface area contributed by atoms with Crippen molar-refractivity contribution in [1.82, 2.24) is 10.2 Å². The third-order valence-electron chi connectivity index (χ3n) is 2.48. The predicted molar refractivity (Wildman–Crippen MR) is 56.9 cm³/mol. The van der Waals surface area contributed by atoms with Gasteiger partial charge in [0.1, 0.15) is 0 Å². The highest BCUT2D eigenvalue weighted by molar-refractivity contribution is 5.78. The van der Waals surface area contributed by atoms with E-state index in [0.29, 0.717) is 12.6 Å². The Morgan fingerprint density at radius 2 is 2.29 bits per heavy atom. The minimum atomic E-state index is 0.123. The van der Waals surface area contributed by atoms with Crippen molar-refractivity contribution in [2.75, 3.05) is 19.6 Å². The Morgan fingerprint density at radius 1 is 1.64 bits per heavy atom. The summed E-state index contributed by atoms with van der Waals surface area (Å²) in [5.41, 5.74) is 5.62. The van der Waals surface area contributed by atoms with E-state index in [4.69, 9.17) is 5.73 Å². The standard InChI is InChI=1S/C10H21N3O/c1-3-4-8(2)12-10(14)7-13-5-9(11)6-13/h8-9H,3-7,11H2,1-2H3,(H,12,14). The number of carbonyl (C=O) groups is 1. The maximum absolute atomic E-state index is 11.4. The zero-order valence-electron chi connectivity index (χ0n) is 9.12. The van der Waals surface area contributed by atoms with Crippen molar-refractivity contribution >= 4 is 5.91 Å². The molecule has 1 rings (SSSR count). The van der Waals surface area contributed by atoms with Gasteiger partial charge in [0.05, 0.1) is 6.54 Å². The molecule has 0 aromatic rings. The highest BCUT2D eigenvalue weighted by Gasteiger charge is 2.24. The number of likely N-dealkylation sites (tertiary alicyclic amines) is 1. The normalized spacial score (nSPS) is 20.2. The lowest BCUT2D eigenvalue weighted by atomic mass is 10.1. The third kappa shape index (κ3) is 3.64. The van der Waals surface area contributed by atoms with Gasteiger partial charge in [-0.3, -0.25) is 9.69 Å². The number of carbonyl (C=O) groups excluding carboxylic acids is 1. The summed E-state index contributed by atoms with van der Waals surface area (Å²) in [6.07, 6.45) is 2.15. The average Bonchev–Trinajstić information content (AvgIpc) is 2.01. The van der Waals surface area contributed by atoms with Gasteiger partial charge >= 0.3 is 0 Å². The molecule has 0 radical (unpaired) electrons. The molecular weight excluding hydrogens is 178 g/mol. The molecule has 0 spiro atoms. The van der Waals surface area contributed by atoms with Crippen LogP contribution in [0.3, 0.4) is 0 Å². The SMILES string of the molecule is CCCC(C)NC(=O)CN1CC(N)C1. The monoisotopic (exact) mass is 199 g/mol. The predicted octanol–water partition coefficient (Wildman–Crippen LogP) is -0.0659. The van der Waals surface area contributed by atoms with Gasteiger partial charge in [-0.25, -0.2) is 0 Å². The molecule has 0 bridgehead atoms. The van der Waals surface area contributed by atoms with Crippen LogP contribution in [0.1, 0.15) is 26.7 Å². The van der Waals surface area contributed by atoms with E-state index in [1.807, 2.05) is 6.92 Å². The van der Waals surface area contributed by atoms with Crippen molar-refractivity contribution < 1.29 is 4.79 Å². The number of amides is 1. The first kappa shape index (κ1) is 11.5. The number of rotatable bonds is 5. The summed E-state index contributed by atoms with van der Waals surface area (Å²) in [6, 6.07) is 0.568. The molecule has 1 amide bonds. The van der Waals surface area contributed by atoms with Crippen LogP contribution in [0.15, 0.2) is 0 Å². The Bertz CT molecular complexity index is 181. The average molecular weight is 199 g/mol. The van der Waals surface area contributed by atoms with Crippen LogP contribution in [0.4, 0.5) is 0 Å². The minimum absolute atomic E-state index is 0.123. The molecule has 14 heavy (non-hydrogen) atoms. The molecule has 0 aromatic heterocycles. The van der Waals surface area contributed by atoms with E-state index in [1.54, 1.807) is 0 Å². The van der Waals surface area contributed by atoms with Crippen LogP contribution in [-0.2, 0) is 4.79 Å². The third-order valence-corrected chi connectivity index (χ3v) is 2.48. The lowest BCUT2D eigenvalue weighted by molar-refractivity contribution is -0.123. The van der Waals surface area contributed by atoms with Crippen molar-refractivity contribution in [3.05, 3.63) is 0 Å². The molecule has 1 aliphatic heterocycles. The van der Waals surface area contributed by atoms with Crippen LogP contribution >= 0.6 is 0 Å². The Morgan fingerprint density at radius 3 is 2.79 bits per heavy atom. The van der Waals surface area contributed by atoms with Crippen LogP contribution in [0.5, 0.6) is 0 Å². The molecule has 1 fully saturated rings. The molecule has 1 saturated heterocycles. The number of nitrogens with two attached hydrogens (primary N) is 1. The summed E-state index contributed by atoms with van der Waals surface area (Å²) in [5.74, 6) is 0.123. The largest absolute Gasteiger partial charge is 0.353 e. The summed E-state index contributed by atoms with van der Waals surface area (Å²) in [4.78, 5) is 13.5. The fourth-order valence-corrected chi connectivity index (χ4v) is 1.77. The summed E-state index contributed by atoms with van der Waals surface area (Å²) in [7, 11) is 0. The Hall–Kier alpha value is -0.610. The van der Waals surface area contributed by atoms with Gasteiger partial charge in [0.2, 0.25) is 5.91 Å². The number of hydrogen-bond acceptors (Lipinski definition) is 3. The van der Waals surface area contributed by atoms with Crippen LogP contribution in [0.2, 0.25) is 0 Å². The zero-order valence-corrected chi connectivity index (χ0v) is 9.12. The number of nitrogens with one attached hydrogen (secondary N) is 1. The molecule has 4 nitrogen and oxygen atoms in total. The lowest BCUT2D eigenvalue weighted by Crippen LogP contribution is -2.58. The second-order valence-corrected chi connectivity index (χ2v) is 4.21. The van der Waals surface area contributed by atoms with Gasteiger partial charge in [-0.1, -0.05) is 13.3 Å². The minimum Gasteiger partial charge on any atom is -0.353 e. The van der Waals surface area contributed by atoms with Gasteiger partial charge < -0.3 is 11.1 Å². The van der Waals surface area contributed by atoms with E-state index < -0.39 is 0 Å². The van der Waals surface area contributed by atoms with E-state index >= 15 is 0 Å². The smallest absolute Gasteiger partial charge is 0.234 e. The van der Waals surface area contributed by atoms with Gasteiger partial charge in [0, 0.05) is 25.2 Å². The molecule has 0 aliphatic carbocycles. The fourth-order valence-electron chi connectivity index (χ4n) is 1.77. The maximum atomic E-state index is 11.4. The molecule has 0 saturated carbocycles. The van der Waals surface area contributed by atoms with Gasteiger partial charge in [-0.15, -0.1) is 0 Å². The second kappa shape index (κ2) is 5.32. The van der Waals surface area contributed by atoms with Gasteiger partial charge in [0.15, 0.2) is 0 Å². The van der Waals surface area contributed by atoms with Crippen LogP contribution < -0.4 is 11.1 Å².